The Balaban J connectivity index is 2.45. The first-order valence-corrected chi connectivity index (χ1v) is 7.51. The van der Waals surface area contributed by atoms with Crippen molar-refractivity contribution in [1.29, 1.82) is 0 Å². The van der Waals surface area contributed by atoms with Crippen molar-refractivity contribution in [3.05, 3.63) is 63.6 Å². The molecule has 5 heteroatoms. The summed E-state index contributed by atoms with van der Waals surface area (Å²) in [6.07, 6.45) is 0. The van der Waals surface area contributed by atoms with E-state index in [1.165, 1.54) is 7.11 Å². The number of ether oxygens (including phenoxy) is 1. The van der Waals surface area contributed by atoms with Crippen molar-refractivity contribution in [3.63, 3.8) is 0 Å². The summed E-state index contributed by atoms with van der Waals surface area (Å²) in [5.41, 5.74) is 0.567. The monoisotopic (exact) mass is 367 g/mol. The maximum atomic E-state index is 12.3. The van der Waals surface area contributed by atoms with Crippen LogP contribution < -0.4 is 5.32 Å². The summed E-state index contributed by atoms with van der Waals surface area (Å²) in [4.78, 5) is 12.3. The Kier molecular flexibility index (Phi) is 4.91. The Morgan fingerprint density at radius 3 is 2.38 bits per heavy atom. The van der Waals surface area contributed by atoms with Gasteiger partial charge in [0.1, 0.15) is 0 Å². The molecule has 0 bridgehead atoms. The fourth-order valence-corrected chi connectivity index (χ4v) is 2.93. The van der Waals surface area contributed by atoms with Crippen LogP contribution in [0.1, 0.15) is 12.5 Å². The molecule has 1 N–H and O–H groups in total. The van der Waals surface area contributed by atoms with Crippen molar-refractivity contribution in [1.82, 2.24) is 0 Å². The second-order valence-electron chi connectivity index (χ2n) is 4.73. The maximum Gasteiger partial charge on any atom is 0.335 e. The van der Waals surface area contributed by atoms with E-state index in [9.17, 15) is 4.79 Å². The van der Waals surface area contributed by atoms with Crippen molar-refractivity contribution in [2.75, 3.05) is 12.4 Å². The highest BCUT2D eigenvalue weighted by Crippen LogP contribution is 2.33. The molecule has 21 heavy (non-hydrogen) atoms. The van der Waals surface area contributed by atoms with Gasteiger partial charge in [-0.25, -0.2) is 4.79 Å². The number of benzene rings is 2. The minimum Gasteiger partial charge on any atom is -0.467 e. The average Bonchev–Trinajstić information content (AvgIpc) is 2.49. The topological polar surface area (TPSA) is 38.3 Å². The standard InChI is InChI=1S/C16H15BrClNO2/c1-16(15(20)21-2,13-5-3-4-6-14(13)17)19-12-9-7-11(18)8-10-12/h3-10,19H,1-2H3. The molecule has 0 aromatic heterocycles. The molecule has 0 spiro atoms. The molecule has 0 aliphatic heterocycles. The lowest BCUT2D eigenvalue weighted by Gasteiger charge is -2.30. The predicted molar refractivity (Wildman–Crippen MR) is 88.6 cm³/mol. The van der Waals surface area contributed by atoms with Crippen LogP contribution in [0.25, 0.3) is 0 Å². The number of hydrogen-bond donors (Lipinski definition) is 1. The van der Waals surface area contributed by atoms with Gasteiger partial charge in [-0.15, -0.1) is 0 Å². The van der Waals surface area contributed by atoms with Crippen LogP contribution in [0.2, 0.25) is 5.02 Å². The van der Waals surface area contributed by atoms with E-state index < -0.39 is 5.54 Å². The van der Waals surface area contributed by atoms with Crippen molar-refractivity contribution < 1.29 is 9.53 Å². The lowest BCUT2D eigenvalue weighted by Crippen LogP contribution is -2.41. The fourth-order valence-electron chi connectivity index (χ4n) is 2.12. The van der Waals surface area contributed by atoms with Crippen LogP contribution in [-0.4, -0.2) is 13.1 Å². The van der Waals surface area contributed by atoms with Gasteiger partial charge in [0.2, 0.25) is 0 Å². The zero-order valence-electron chi connectivity index (χ0n) is 11.7. The Labute approximate surface area is 137 Å². The second kappa shape index (κ2) is 6.50. The predicted octanol–water partition coefficient (Wildman–Crippen LogP) is 4.60. The zero-order valence-corrected chi connectivity index (χ0v) is 14.0. The molecule has 3 nitrogen and oxygen atoms in total. The highest BCUT2D eigenvalue weighted by molar-refractivity contribution is 9.10. The van der Waals surface area contributed by atoms with Crippen LogP contribution in [-0.2, 0) is 15.1 Å². The largest absolute Gasteiger partial charge is 0.467 e. The first-order valence-electron chi connectivity index (χ1n) is 6.34. The minimum absolute atomic E-state index is 0.371. The summed E-state index contributed by atoms with van der Waals surface area (Å²) in [5, 5.41) is 3.87. The Bertz CT molecular complexity index is 645. The van der Waals surface area contributed by atoms with Crippen LogP contribution in [0, 0.1) is 0 Å². The van der Waals surface area contributed by atoms with Gasteiger partial charge in [-0.1, -0.05) is 45.7 Å². The van der Waals surface area contributed by atoms with Crippen LogP contribution in [0.15, 0.2) is 53.0 Å². The summed E-state index contributed by atoms with van der Waals surface area (Å²) < 4.78 is 5.81. The van der Waals surface area contributed by atoms with E-state index in [4.69, 9.17) is 16.3 Å². The normalized spacial score (nSPS) is 13.3. The molecule has 1 atom stereocenters. The lowest BCUT2D eigenvalue weighted by molar-refractivity contribution is -0.145. The molecule has 0 fully saturated rings. The van der Waals surface area contributed by atoms with E-state index in [2.05, 4.69) is 21.2 Å². The quantitative estimate of drug-likeness (QED) is 0.801. The molecule has 2 aromatic carbocycles. The van der Waals surface area contributed by atoms with Gasteiger partial charge >= 0.3 is 5.97 Å². The number of carbonyl (C=O) groups excluding carboxylic acids is 1. The number of nitrogens with one attached hydrogen (secondary N) is 1. The maximum absolute atomic E-state index is 12.3. The van der Waals surface area contributed by atoms with E-state index in [0.717, 1.165) is 15.7 Å². The molecule has 1 unspecified atom stereocenters. The van der Waals surface area contributed by atoms with Gasteiger partial charge in [0, 0.05) is 20.7 Å². The molecule has 0 heterocycles. The number of halogens is 2. The highest BCUT2D eigenvalue weighted by Gasteiger charge is 2.37. The molecular formula is C16H15BrClNO2. The number of anilines is 1. The van der Waals surface area contributed by atoms with Crippen LogP contribution in [0.4, 0.5) is 5.69 Å². The summed E-state index contributed by atoms with van der Waals surface area (Å²) in [6.45, 7) is 1.79. The van der Waals surface area contributed by atoms with Gasteiger partial charge in [-0.2, -0.15) is 0 Å². The third kappa shape index (κ3) is 3.39. The summed E-state index contributed by atoms with van der Waals surface area (Å²) in [5.74, 6) is -0.371. The third-order valence-corrected chi connectivity index (χ3v) is 4.19. The van der Waals surface area contributed by atoms with Gasteiger partial charge in [0.05, 0.1) is 7.11 Å². The minimum atomic E-state index is -1.01. The molecule has 2 aromatic rings. The summed E-state index contributed by atoms with van der Waals surface area (Å²) in [7, 11) is 1.38. The Morgan fingerprint density at radius 1 is 1.19 bits per heavy atom. The molecule has 0 radical (unpaired) electrons. The Hall–Kier alpha value is -1.52. The molecule has 2 rings (SSSR count). The zero-order chi connectivity index (χ0) is 15.5. The molecule has 0 saturated heterocycles. The van der Waals surface area contributed by atoms with Gasteiger partial charge in [-0.05, 0) is 37.3 Å². The first kappa shape index (κ1) is 15.9. The van der Waals surface area contributed by atoms with Crippen molar-refractivity contribution in [2.45, 2.75) is 12.5 Å². The molecular weight excluding hydrogens is 354 g/mol. The van der Waals surface area contributed by atoms with Crippen molar-refractivity contribution in [3.8, 4) is 0 Å². The SMILES string of the molecule is COC(=O)C(C)(Nc1ccc(Cl)cc1)c1ccccc1Br. The van der Waals surface area contributed by atoms with Gasteiger partial charge in [0.15, 0.2) is 5.54 Å². The number of esters is 1. The average molecular weight is 369 g/mol. The van der Waals surface area contributed by atoms with E-state index in [1.54, 1.807) is 19.1 Å². The van der Waals surface area contributed by atoms with Crippen LogP contribution in [0.5, 0.6) is 0 Å². The summed E-state index contributed by atoms with van der Waals surface area (Å²) in [6, 6.07) is 14.7. The van der Waals surface area contributed by atoms with E-state index in [0.29, 0.717) is 5.02 Å². The molecule has 0 saturated carbocycles. The lowest BCUT2D eigenvalue weighted by atomic mass is 9.91. The van der Waals surface area contributed by atoms with Gasteiger partial charge < -0.3 is 10.1 Å². The molecule has 0 aliphatic rings. The van der Waals surface area contributed by atoms with Crippen LogP contribution >= 0.6 is 27.5 Å². The highest BCUT2D eigenvalue weighted by atomic mass is 79.9. The van der Waals surface area contributed by atoms with E-state index >= 15 is 0 Å². The van der Waals surface area contributed by atoms with E-state index in [-0.39, 0.29) is 5.97 Å². The van der Waals surface area contributed by atoms with E-state index in [1.807, 2.05) is 36.4 Å². The number of rotatable bonds is 4. The third-order valence-electron chi connectivity index (χ3n) is 3.24. The van der Waals surface area contributed by atoms with Gasteiger partial charge in [-0.3, -0.25) is 0 Å². The van der Waals surface area contributed by atoms with Crippen LogP contribution in [0.3, 0.4) is 0 Å². The number of hydrogen-bond acceptors (Lipinski definition) is 3. The first-order chi connectivity index (χ1) is 9.97. The molecule has 0 aliphatic carbocycles. The smallest absolute Gasteiger partial charge is 0.335 e. The second-order valence-corrected chi connectivity index (χ2v) is 6.02. The molecule has 0 amide bonds. The van der Waals surface area contributed by atoms with Gasteiger partial charge in [0.25, 0.3) is 0 Å². The number of methoxy groups -OCH3 is 1. The summed E-state index contributed by atoms with van der Waals surface area (Å²) >= 11 is 9.37. The Morgan fingerprint density at radius 2 is 1.81 bits per heavy atom. The fraction of sp³-hybridized carbons (Fsp3) is 0.188. The molecule has 110 valence electrons. The number of carbonyl (C=O) groups is 1. The van der Waals surface area contributed by atoms with Crippen molar-refractivity contribution >= 4 is 39.2 Å². The van der Waals surface area contributed by atoms with Crippen molar-refractivity contribution in [2.24, 2.45) is 0 Å².